The lowest BCUT2D eigenvalue weighted by molar-refractivity contribution is -0.0500. The molecule has 0 aliphatic rings. The van der Waals surface area contributed by atoms with Crippen molar-refractivity contribution in [2.45, 2.75) is 26.3 Å². The van der Waals surface area contributed by atoms with E-state index in [-0.39, 0.29) is 0 Å². The van der Waals surface area contributed by atoms with E-state index in [0.29, 0.717) is 44.8 Å². The molecule has 0 N–H and O–H groups in total. The number of hydrogen-bond acceptors (Lipinski definition) is 7. The Morgan fingerprint density at radius 3 is 1.85 bits per heavy atom. The van der Waals surface area contributed by atoms with Gasteiger partial charge in [-0.05, 0) is 125 Å². The van der Waals surface area contributed by atoms with Crippen molar-refractivity contribution in [3.8, 4) is 72.8 Å². The van der Waals surface area contributed by atoms with Crippen LogP contribution in [-0.4, -0.2) is 28.9 Å². The van der Waals surface area contributed by atoms with Gasteiger partial charge in [0.2, 0.25) is 5.71 Å². The zero-order valence-electron chi connectivity index (χ0n) is 32.5. The zero-order valence-corrected chi connectivity index (χ0v) is 33.3. The Hall–Kier alpha value is -7.11. The number of halogens is 3. The Bertz CT molecular complexity index is 3200. The molecule has 0 atom stereocenters. The van der Waals surface area contributed by atoms with E-state index in [0.717, 1.165) is 61.1 Å². The van der Waals surface area contributed by atoms with Gasteiger partial charge in [-0.1, -0.05) is 84.9 Å². The molecule has 0 saturated carbocycles. The minimum absolute atomic E-state index is 0.434. The van der Waals surface area contributed by atoms with Gasteiger partial charge in [-0.3, -0.25) is 9.97 Å². The van der Waals surface area contributed by atoms with Crippen LogP contribution in [0.3, 0.4) is 0 Å². The van der Waals surface area contributed by atoms with Crippen LogP contribution in [0.1, 0.15) is 16.8 Å². The van der Waals surface area contributed by atoms with Crippen molar-refractivity contribution in [1.29, 1.82) is 0 Å². The van der Waals surface area contributed by atoms with Crippen molar-refractivity contribution in [2.24, 2.45) is 0 Å². The van der Waals surface area contributed by atoms with Gasteiger partial charge in [-0.15, -0.1) is 0 Å². The number of pyridine rings is 3. The molecular formula is C49H34F3N3O4S. The number of para-hydroxylation sites is 1. The Kier molecular flexibility index (Phi) is 9.55. The molecule has 0 spiro atoms. The van der Waals surface area contributed by atoms with E-state index in [2.05, 4.69) is 9.97 Å². The van der Waals surface area contributed by atoms with Crippen molar-refractivity contribution < 1.29 is 30.2 Å². The first-order chi connectivity index (χ1) is 28.8. The maximum atomic E-state index is 13.8. The van der Waals surface area contributed by atoms with E-state index in [9.17, 15) is 21.6 Å². The molecule has 0 saturated heterocycles. The zero-order chi connectivity index (χ0) is 41.8. The highest BCUT2D eigenvalue weighted by Gasteiger charge is 2.48. The smallest absolute Gasteiger partial charge is 0.437 e. The quantitative estimate of drug-likeness (QED) is 0.111. The lowest BCUT2D eigenvalue weighted by atomic mass is 9.88. The molecule has 296 valence electrons. The van der Waals surface area contributed by atoms with Crippen LogP contribution in [0.2, 0.25) is 0 Å². The fraction of sp³-hybridized carbons (Fsp3) is 0.0816. The number of furan rings is 1. The van der Waals surface area contributed by atoms with Crippen LogP contribution < -0.4 is 4.18 Å². The van der Waals surface area contributed by atoms with E-state index in [1.165, 1.54) is 12.1 Å². The van der Waals surface area contributed by atoms with Gasteiger partial charge in [0.05, 0.1) is 11.4 Å². The Morgan fingerprint density at radius 1 is 0.550 bits per heavy atom. The summed E-state index contributed by atoms with van der Waals surface area (Å²) in [5.74, 6) is -0.485. The summed E-state index contributed by atoms with van der Waals surface area (Å²) in [5, 5.41) is 1.83. The summed E-state index contributed by atoms with van der Waals surface area (Å²) in [6.07, 6.45) is 3.45. The largest absolute Gasteiger partial charge is 0.534 e. The number of fused-ring (bicyclic) bond motifs is 3. The number of aryl methyl sites for hydroxylation is 3. The fourth-order valence-corrected chi connectivity index (χ4v) is 7.90. The molecule has 7 nitrogen and oxygen atoms in total. The van der Waals surface area contributed by atoms with Crippen molar-refractivity contribution in [3.05, 3.63) is 169 Å². The van der Waals surface area contributed by atoms with Crippen molar-refractivity contribution >= 4 is 32.2 Å². The molecule has 11 heteroatoms. The van der Waals surface area contributed by atoms with Gasteiger partial charge in [0, 0.05) is 45.6 Å². The monoisotopic (exact) mass is 817 g/mol. The molecule has 9 rings (SSSR count). The van der Waals surface area contributed by atoms with E-state index in [1.54, 1.807) is 12.4 Å². The number of alkyl halides is 3. The Balaban J connectivity index is 1.16. The highest BCUT2D eigenvalue weighted by molar-refractivity contribution is 7.88. The van der Waals surface area contributed by atoms with Gasteiger partial charge in [0.1, 0.15) is 11.3 Å². The van der Waals surface area contributed by atoms with E-state index >= 15 is 0 Å². The molecule has 0 amide bonds. The molecule has 0 unspecified atom stereocenters. The normalized spacial score (nSPS) is 12.0. The third-order valence-corrected chi connectivity index (χ3v) is 11.6. The molecule has 9 aromatic rings. The van der Waals surface area contributed by atoms with E-state index < -0.39 is 21.4 Å². The van der Waals surface area contributed by atoms with Crippen LogP contribution in [0.5, 0.6) is 5.75 Å². The summed E-state index contributed by atoms with van der Waals surface area (Å²) in [6, 6.07) is 42.9. The molecule has 4 heterocycles. The minimum atomic E-state index is -6.00. The summed E-state index contributed by atoms with van der Waals surface area (Å²) in [5.41, 5.74) is 6.80. The molecule has 0 aliphatic heterocycles. The first kappa shape index (κ1) is 38.4. The summed E-state index contributed by atoms with van der Waals surface area (Å²) in [7, 11) is -6.00. The highest BCUT2D eigenvalue weighted by atomic mass is 32.2. The average Bonchev–Trinajstić information content (AvgIpc) is 3.62. The predicted octanol–water partition coefficient (Wildman–Crippen LogP) is 12.9. The molecule has 60 heavy (non-hydrogen) atoms. The number of nitrogens with zero attached hydrogens (tertiary/aromatic N) is 3. The fourth-order valence-electron chi connectivity index (χ4n) is 7.45. The average molecular weight is 818 g/mol. The maximum absolute atomic E-state index is 13.8. The van der Waals surface area contributed by atoms with Crippen LogP contribution in [-0.2, 0) is 10.1 Å². The third kappa shape index (κ3) is 7.17. The highest BCUT2D eigenvalue weighted by Crippen LogP contribution is 2.42. The van der Waals surface area contributed by atoms with Crippen molar-refractivity contribution in [3.63, 3.8) is 0 Å². The second kappa shape index (κ2) is 14.9. The van der Waals surface area contributed by atoms with Gasteiger partial charge in [-0.2, -0.15) is 21.6 Å². The first-order valence-corrected chi connectivity index (χ1v) is 20.4. The topological polar surface area (TPSA) is 95.2 Å². The summed E-state index contributed by atoms with van der Waals surface area (Å²) >= 11 is 0. The molecule has 0 fully saturated rings. The van der Waals surface area contributed by atoms with Crippen molar-refractivity contribution in [2.75, 3.05) is 0 Å². The van der Waals surface area contributed by atoms with Crippen LogP contribution in [0, 0.1) is 20.8 Å². The lowest BCUT2D eigenvalue weighted by Gasteiger charge is -2.18. The number of benzene rings is 5. The number of rotatable bonds is 8. The van der Waals surface area contributed by atoms with E-state index in [1.807, 2.05) is 148 Å². The van der Waals surface area contributed by atoms with Gasteiger partial charge < -0.3 is 8.60 Å². The standard InChI is InChI=1S/C49H34F3N3O4S/c1-29-23-43(32-15-17-33(18-16-32)45-13-6-7-22-53-45)44(24-30(29)2)36-25-35(26-37(27-36)59-60(56,57)49(50,51)52)39-10-5-4-9-38(39)34-19-21-46(54-28-34)42-12-8-11-40-41-20-14-31(3)55-48(41)58-47(40)42/h4-28H,1-3H3. The van der Waals surface area contributed by atoms with Gasteiger partial charge in [0.15, 0.2) is 0 Å². The van der Waals surface area contributed by atoms with Gasteiger partial charge in [0.25, 0.3) is 0 Å². The molecule has 0 aliphatic carbocycles. The van der Waals surface area contributed by atoms with Gasteiger partial charge >= 0.3 is 15.6 Å². The van der Waals surface area contributed by atoms with Crippen LogP contribution >= 0.6 is 0 Å². The summed E-state index contributed by atoms with van der Waals surface area (Å²) < 4.78 is 77.3. The second-order valence-electron chi connectivity index (χ2n) is 14.6. The molecule has 0 bridgehead atoms. The van der Waals surface area contributed by atoms with Gasteiger partial charge in [-0.25, -0.2) is 4.98 Å². The number of hydrogen-bond donors (Lipinski definition) is 0. The molecule has 0 radical (unpaired) electrons. The minimum Gasteiger partial charge on any atom is -0.437 e. The number of aromatic nitrogens is 3. The summed E-state index contributed by atoms with van der Waals surface area (Å²) in [4.78, 5) is 13.8. The van der Waals surface area contributed by atoms with Crippen LogP contribution in [0.15, 0.2) is 156 Å². The third-order valence-electron chi connectivity index (χ3n) is 10.6. The second-order valence-corrected chi connectivity index (χ2v) is 16.1. The Labute approximate surface area is 343 Å². The van der Waals surface area contributed by atoms with E-state index in [4.69, 9.17) is 13.6 Å². The Morgan fingerprint density at radius 2 is 1.18 bits per heavy atom. The predicted molar refractivity (Wildman–Crippen MR) is 230 cm³/mol. The first-order valence-electron chi connectivity index (χ1n) is 19.0. The molecular weight excluding hydrogens is 784 g/mol. The maximum Gasteiger partial charge on any atom is 0.534 e. The SMILES string of the molecule is Cc1ccc2c(n1)oc1c(-c3ccc(-c4ccccc4-c4cc(OS(=O)(=O)C(F)(F)F)cc(-c5cc(C)c(C)cc5-c5ccc(-c6ccccn6)cc5)c4)cn3)cccc12. The van der Waals surface area contributed by atoms with Crippen molar-refractivity contribution in [1.82, 2.24) is 15.0 Å². The van der Waals surface area contributed by atoms with Crippen LogP contribution in [0.25, 0.3) is 89.1 Å². The lowest BCUT2D eigenvalue weighted by Crippen LogP contribution is -2.28. The van der Waals surface area contributed by atoms with Crippen LogP contribution in [0.4, 0.5) is 13.2 Å². The molecule has 5 aromatic carbocycles. The summed E-state index contributed by atoms with van der Waals surface area (Å²) in [6.45, 7) is 5.84. The molecule has 4 aromatic heterocycles.